The number of nitrogens with one attached hydrogen (secondary N) is 1. The Morgan fingerprint density at radius 3 is 2.40 bits per heavy atom. The number of ether oxygens (including phenoxy) is 1. The Kier molecular flexibility index (Phi) is 4.44. The molecule has 0 aliphatic carbocycles. The summed E-state index contributed by atoms with van der Waals surface area (Å²) in [5, 5.41) is 8.07. The van der Waals surface area contributed by atoms with E-state index >= 15 is 0 Å². The zero-order valence-corrected chi connectivity index (χ0v) is 16.2. The molecule has 0 saturated carbocycles. The number of fused-ring (bicyclic) bond motifs is 2. The first kappa shape index (κ1) is 18.0. The normalized spacial score (nSPS) is 12.3. The van der Waals surface area contributed by atoms with Gasteiger partial charge in [-0.05, 0) is 54.4 Å². The lowest BCUT2D eigenvalue weighted by Gasteiger charge is -2.09. The fourth-order valence-corrected chi connectivity index (χ4v) is 3.71. The van der Waals surface area contributed by atoms with Crippen LogP contribution in [0.15, 0.2) is 78.9 Å². The largest absolute Gasteiger partial charge is 0.457 e. The van der Waals surface area contributed by atoms with Crippen molar-refractivity contribution in [1.29, 1.82) is 0 Å². The number of aryl methyl sites for hydroxylation is 2. The third kappa shape index (κ3) is 3.28. The van der Waals surface area contributed by atoms with Crippen molar-refractivity contribution < 1.29 is 9.53 Å². The van der Waals surface area contributed by atoms with Crippen LogP contribution >= 0.6 is 0 Å². The van der Waals surface area contributed by atoms with Gasteiger partial charge in [0.1, 0.15) is 28.6 Å². The Labute approximate surface area is 173 Å². The Bertz CT molecular complexity index is 1210. The van der Waals surface area contributed by atoms with E-state index in [-0.39, 0.29) is 0 Å². The number of carbonyl (C=O) groups is 1. The summed E-state index contributed by atoms with van der Waals surface area (Å²) in [7, 11) is 0. The Morgan fingerprint density at radius 1 is 0.933 bits per heavy atom. The van der Waals surface area contributed by atoms with Gasteiger partial charge in [-0.15, -0.1) is 0 Å². The molecule has 0 radical (unpaired) electrons. The lowest BCUT2D eigenvalue weighted by molar-refractivity contribution is 0.100. The molecule has 2 heterocycles. The fourth-order valence-electron chi connectivity index (χ4n) is 3.71. The van der Waals surface area contributed by atoms with Crippen LogP contribution < -0.4 is 15.8 Å². The lowest BCUT2D eigenvalue weighted by Crippen LogP contribution is -2.14. The van der Waals surface area contributed by atoms with Gasteiger partial charge in [0.15, 0.2) is 0 Å². The van der Waals surface area contributed by atoms with Crippen LogP contribution in [0.3, 0.4) is 0 Å². The number of amides is 1. The summed E-state index contributed by atoms with van der Waals surface area (Å²) in [4.78, 5) is 12.4. The summed E-state index contributed by atoms with van der Waals surface area (Å²) in [6.45, 7) is 0.662. The number of nitrogens with zero attached hydrogens (tertiary/aromatic N) is 2. The van der Waals surface area contributed by atoms with Crippen LogP contribution in [0.5, 0.6) is 11.5 Å². The van der Waals surface area contributed by atoms with Crippen molar-refractivity contribution in [2.45, 2.75) is 13.0 Å². The number of hydrogen-bond acceptors (Lipinski definition) is 4. The first-order valence-electron chi connectivity index (χ1n) is 9.78. The molecular weight excluding hydrogens is 376 g/mol. The molecule has 0 fully saturated rings. The van der Waals surface area contributed by atoms with Crippen LogP contribution in [0.25, 0.3) is 11.3 Å². The fraction of sp³-hybridized carbons (Fsp3) is 0.0833. The maximum atomic E-state index is 12.4. The van der Waals surface area contributed by atoms with Crippen molar-refractivity contribution in [1.82, 2.24) is 9.78 Å². The molecule has 148 valence electrons. The van der Waals surface area contributed by atoms with Gasteiger partial charge in [0, 0.05) is 17.8 Å². The maximum absolute atomic E-state index is 12.4. The Hall–Kier alpha value is -4.06. The minimum absolute atomic E-state index is 0.392. The number of hydrogen-bond donors (Lipinski definition) is 2. The van der Waals surface area contributed by atoms with Crippen LogP contribution in [0.4, 0.5) is 11.5 Å². The van der Waals surface area contributed by atoms with Crippen molar-refractivity contribution in [2.24, 2.45) is 5.73 Å². The first-order chi connectivity index (χ1) is 14.7. The summed E-state index contributed by atoms with van der Waals surface area (Å²) in [5.74, 6) is 1.59. The molecule has 1 aliphatic heterocycles. The van der Waals surface area contributed by atoms with E-state index in [2.05, 4.69) is 11.4 Å². The first-order valence-corrected chi connectivity index (χ1v) is 9.78. The lowest BCUT2D eigenvalue weighted by atomic mass is 10.1. The van der Waals surface area contributed by atoms with E-state index in [1.807, 2.05) is 77.5 Å². The highest BCUT2D eigenvalue weighted by molar-refractivity contribution is 6.04. The van der Waals surface area contributed by atoms with Crippen LogP contribution in [-0.4, -0.2) is 15.7 Å². The predicted molar refractivity (Wildman–Crippen MR) is 116 cm³/mol. The standard InChI is InChI=1S/C24H20N4O2/c25-23(29)21-22(17-10-12-19(13-11-17)30-18-7-2-1-3-8-18)27-28-15-14-16-6-4-5-9-20(16)26-24(21)28/h1-13,26H,14-15H2,(H2,25,29). The van der Waals surface area contributed by atoms with E-state index in [1.54, 1.807) is 0 Å². The van der Waals surface area contributed by atoms with E-state index in [4.69, 9.17) is 15.6 Å². The molecule has 0 atom stereocenters. The minimum atomic E-state index is -0.511. The number of rotatable bonds is 4. The van der Waals surface area contributed by atoms with Gasteiger partial charge >= 0.3 is 0 Å². The smallest absolute Gasteiger partial charge is 0.254 e. The van der Waals surface area contributed by atoms with Crippen molar-refractivity contribution in [3.8, 4) is 22.8 Å². The van der Waals surface area contributed by atoms with E-state index in [1.165, 1.54) is 5.56 Å². The second-order valence-electron chi connectivity index (χ2n) is 7.13. The second kappa shape index (κ2) is 7.40. The van der Waals surface area contributed by atoms with Gasteiger partial charge in [-0.2, -0.15) is 5.10 Å². The molecule has 30 heavy (non-hydrogen) atoms. The zero-order chi connectivity index (χ0) is 20.5. The van der Waals surface area contributed by atoms with Gasteiger partial charge < -0.3 is 15.8 Å². The SMILES string of the molecule is NC(=O)c1c(-c2ccc(Oc3ccccc3)cc2)nn2c1Nc1ccccc1CC2. The quantitative estimate of drug-likeness (QED) is 0.522. The number of primary amides is 1. The van der Waals surface area contributed by atoms with Gasteiger partial charge in [-0.3, -0.25) is 4.79 Å². The monoisotopic (exact) mass is 396 g/mol. The number of carbonyl (C=O) groups excluding carboxylic acids is 1. The third-order valence-electron chi connectivity index (χ3n) is 5.17. The molecule has 0 unspecified atom stereocenters. The third-order valence-corrected chi connectivity index (χ3v) is 5.17. The highest BCUT2D eigenvalue weighted by Crippen LogP contribution is 2.35. The summed E-state index contributed by atoms with van der Waals surface area (Å²) in [6.07, 6.45) is 0.819. The number of aromatic nitrogens is 2. The number of anilines is 2. The number of benzene rings is 3. The number of para-hydroxylation sites is 2. The maximum Gasteiger partial charge on any atom is 0.254 e. The summed E-state index contributed by atoms with van der Waals surface area (Å²) in [6, 6.07) is 25.1. The molecule has 3 N–H and O–H groups in total. The molecule has 1 aromatic heterocycles. The molecule has 0 bridgehead atoms. The number of nitrogens with two attached hydrogens (primary N) is 1. The average Bonchev–Trinajstić information content (AvgIpc) is 3.03. The molecule has 0 saturated heterocycles. The molecule has 5 rings (SSSR count). The molecule has 1 aliphatic rings. The van der Waals surface area contributed by atoms with Crippen LogP contribution in [0, 0.1) is 0 Å². The molecule has 0 spiro atoms. The molecule has 6 nitrogen and oxygen atoms in total. The highest BCUT2D eigenvalue weighted by Gasteiger charge is 2.25. The average molecular weight is 396 g/mol. The minimum Gasteiger partial charge on any atom is -0.457 e. The van der Waals surface area contributed by atoms with Crippen molar-refractivity contribution in [2.75, 3.05) is 5.32 Å². The molecule has 4 aromatic rings. The second-order valence-corrected chi connectivity index (χ2v) is 7.13. The Morgan fingerprint density at radius 2 is 1.63 bits per heavy atom. The Balaban J connectivity index is 1.50. The van der Waals surface area contributed by atoms with Crippen LogP contribution in [0.2, 0.25) is 0 Å². The summed E-state index contributed by atoms with van der Waals surface area (Å²) in [5.41, 5.74) is 9.68. The molecule has 6 heteroatoms. The molecular formula is C24H20N4O2. The van der Waals surface area contributed by atoms with Gasteiger partial charge in [0.25, 0.3) is 5.91 Å². The van der Waals surface area contributed by atoms with Gasteiger partial charge in [-0.25, -0.2) is 4.68 Å². The molecule has 1 amide bonds. The van der Waals surface area contributed by atoms with Crippen LogP contribution in [-0.2, 0) is 13.0 Å². The van der Waals surface area contributed by atoms with E-state index in [0.29, 0.717) is 29.4 Å². The van der Waals surface area contributed by atoms with Gasteiger partial charge in [-0.1, -0.05) is 36.4 Å². The zero-order valence-electron chi connectivity index (χ0n) is 16.2. The van der Waals surface area contributed by atoms with E-state index in [0.717, 1.165) is 23.4 Å². The highest BCUT2D eigenvalue weighted by atomic mass is 16.5. The predicted octanol–water partition coefficient (Wildman–Crippen LogP) is 4.74. The van der Waals surface area contributed by atoms with E-state index in [9.17, 15) is 4.79 Å². The van der Waals surface area contributed by atoms with Crippen molar-refractivity contribution in [3.05, 3.63) is 90.0 Å². The van der Waals surface area contributed by atoms with Crippen molar-refractivity contribution >= 4 is 17.4 Å². The van der Waals surface area contributed by atoms with Gasteiger partial charge in [0.2, 0.25) is 0 Å². The summed E-state index contributed by atoms with van der Waals surface area (Å²) >= 11 is 0. The van der Waals surface area contributed by atoms with Gasteiger partial charge in [0.05, 0.1) is 0 Å². The van der Waals surface area contributed by atoms with E-state index < -0.39 is 5.91 Å². The van der Waals surface area contributed by atoms with Crippen LogP contribution in [0.1, 0.15) is 15.9 Å². The van der Waals surface area contributed by atoms with Crippen molar-refractivity contribution in [3.63, 3.8) is 0 Å². The summed E-state index contributed by atoms with van der Waals surface area (Å²) < 4.78 is 7.68. The molecule has 3 aromatic carbocycles. The topological polar surface area (TPSA) is 82.2 Å².